The normalized spacial score (nSPS) is 38.1. The van der Waals surface area contributed by atoms with E-state index in [9.17, 15) is 4.79 Å². The van der Waals surface area contributed by atoms with Gasteiger partial charge in [-0.15, -0.1) is 0 Å². The van der Waals surface area contributed by atoms with Crippen molar-refractivity contribution < 1.29 is 9.53 Å². The van der Waals surface area contributed by atoms with Crippen molar-refractivity contribution in [3.63, 3.8) is 0 Å². The van der Waals surface area contributed by atoms with Crippen molar-refractivity contribution in [2.45, 2.75) is 75.4 Å². The van der Waals surface area contributed by atoms with Crippen LogP contribution in [0.3, 0.4) is 0 Å². The van der Waals surface area contributed by atoms with E-state index in [2.05, 4.69) is 15.6 Å². The van der Waals surface area contributed by atoms with Crippen LogP contribution in [0.2, 0.25) is 0 Å². The van der Waals surface area contributed by atoms with Gasteiger partial charge in [-0.3, -0.25) is 4.79 Å². The number of ether oxygens (including phenoxy) is 1. The van der Waals surface area contributed by atoms with E-state index in [1.165, 1.54) is 19.3 Å². The van der Waals surface area contributed by atoms with Crippen LogP contribution < -0.4 is 10.6 Å². The fourth-order valence-corrected chi connectivity index (χ4v) is 6.83. The number of carbonyl (C=O) groups is 1. The Morgan fingerprint density at radius 1 is 1.11 bits per heavy atom. The lowest BCUT2D eigenvalue weighted by Crippen LogP contribution is -2.70. The van der Waals surface area contributed by atoms with Crippen LogP contribution in [-0.2, 0) is 4.74 Å². The molecule has 5 nitrogen and oxygen atoms in total. The van der Waals surface area contributed by atoms with E-state index in [0.717, 1.165) is 62.8 Å². The van der Waals surface area contributed by atoms with Gasteiger partial charge in [0.2, 0.25) is 0 Å². The highest BCUT2D eigenvalue weighted by atomic mass is 16.5. The van der Waals surface area contributed by atoms with Gasteiger partial charge >= 0.3 is 0 Å². The Kier molecular flexibility index (Phi) is 4.28. The second-order valence-corrected chi connectivity index (χ2v) is 9.67. The van der Waals surface area contributed by atoms with Gasteiger partial charge in [0.25, 0.3) is 5.91 Å². The summed E-state index contributed by atoms with van der Waals surface area (Å²) in [5, 5.41) is 7.53. The highest BCUT2D eigenvalue weighted by Gasteiger charge is 2.58. The molecule has 2 N–H and O–H groups in total. The Labute approximate surface area is 161 Å². The molecule has 1 saturated heterocycles. The molecule has 2 unspecified atom stereocenters. The third kappa shape index (κ3) is 3.40. The lowest BCUT2D eigenvalue weighted by molar-refractivity contribution is -0.0585. The maximum absolute atomic E-state index is 13.0. The topological polar surface area (TPSA) is 63.2 Å². The Balaban J connectivity index is 1.35. The fourth-order valence-electron chi connectivity index (χ4n) is 6.83. The van der Waals surface area contributed by atoms with Crippen molar-refractivity contribution in [1.82, 2.24) is 15.6 Å². The molecule has 1 aromatic rings. The summed E-state index contributed by atoms with van der Waals surface area (Å²) in [5.74, 6) is 1.48. The standard InChI is InChI=1S/C22H31N3O2/c1-15-3-2-4-19(23-15)20(26)25-22-12-16-9-17(13-22)11-21(10-16,14-22)24-18-5-7-27-8-6-18/h2-4,16-18,24H,5-14H2,1H3,(H,25,26). The summed E-state index contributed by atoms with van der Waals surface area (Å²) in [6.45, 7) is 3.69. The highest BCUT2D eigenvalue weighted by molar-refractivity contribution is 5.92. The highest BCUT2D eigenvalue weighted by Crippen LogP contribution is 2.57. The monoisotopic (exact) mass is 369 g/mol. The Hall–Kier alpha value is -1.46. The van der Waals surface area contributed by atoms with Crippen LogP contribution >= 0.6 is 0 Å². The molecule has 4 aliphatic carbocycles. The first-order valence-electron chi connectivity index (χ1n) is 10.6. The molecule has 0 radical (unpaired) electrons. The molecule has 4 saturated carbocycles. The second kappa shape index (κ2) is 6.56. The number of carbonyl (C=O) groups excluding carboxylic acids is 1. The van der Waals surface area contributed by atoms with Gasteiger partial charge in [0.1, 0.15) is 5.69 Å². The van der Waals surface area contributed by atoms with Crippen LogP contribution in [0, 0.1) is 18.8 Å². The number of nitrogens with one attached hydrogen (secondary N) is 2. The van der Waals surface area contributed by atoms with E-state index >= 15 is 0 Å². The van der Waals surface area contributed by atoms with E-state index < -0.39 is 0 Å². The summed E-state index contributed by atoms with van der Waals surface area (Å²) in [6, 6.07) is 6.26. The summed E-state index contributed by atoms with van der Waals surface area (Å²) in [6.07, 6.45) is 9.48. The van der Waals surface area contributed by atoms with Crippen LogP contribution in [0.4, 0.5) is 0 Å². The maximum Gasteiger partial charge on any atom is 0.270 e. The summed E-state index contributed by atoms with van der Waals surface area (Å²) < 4.78 is 5.55. The summed E-state index contributed by atoms with van der Waals surface area (Å²) >= 11 is 0. The number of pyridine rings is 1. The molecule has 5 aliphatic rings. The molecule has 6 rings (SSSR count). The van der Waals surface area contributed by atoms with E-state index in [-0.39, 0.29) is 17.0 Å². The van der Waals surface area contributed by atoms with Crippen molar-refractivity contribution in [3.8, 4) is 0 Å². The molecule has 0 spiro atoms. The number of aryl methyl sites for hydroxylation is 1. The number of aromatic nitrogens is 1. The minimum Gasteiger partial charge on any atom is -0.381 e. The van der Waals surface area contributed by atoms with Gasteiger partial charge in [0.05, 0.1) is 0 Å². The number of hydrogen-bond acceptors (Lipinski definition) is 4. The van der Waals surface area contributed by atoms with Gasteiger partial charge in [-0.2, -0.15) is 0 Å². The zero-order chi connectivity index (χ0) is 18.5. The third-order valence-electron chi connectivity index (χ3n) is 7.29. The van der Waals surface area contributed by atoms with Crippen molar-refractivity contribution in [3.05, 3.63) is 29.6 Å². The molecule has 1 aromatic heterocycles. The number of nitrogens with zero attached hydrogens (tertiary/aromatic N) is 1. The van der Waals surface area contributed by atoms with Crippen LogP contribution in [0.1, 0.15) is 67.5 Å². The Bertz CT molecular complexity index is 714. The van der Waals surface area contributed by atoms with Gasteiger partial charge in [-0.05, 0) is 82.3 Å². The number of rotatable bonds is 4. The molecule has 2 atom stereocenters. The lowest BCUT2D eigenvalue weighted by atomic mass is 9.49. The molecule has 1 aliphatic heterocycles. The van der Waals surface area contributed by atoms with Crippen LogP contribution in [0.15, 0.2) is 18.2 Å². The van der Waals surface area contributed by atoms with E-state index in [0.29, 0.717) is 11.7 Å². The Morgan fingerprint density at radius 2 is 1.81 bits per heavy atom. The molecule has 27 heavy (non-hydrogen) atoms. The van der Waals surface area contributed by atoms with Crippen molar-refractivity contribution in [1.29, 1.82) is 0 Å². The van der Waals surface area contributed by atoms with Crippen LogP contribution in [0.25, 0.3) is 0 Å². The zero-order valence-electron chi connectivity index (χ0n) is 16.3. The van der Waals surface area contributed by atoms with Gasteiger partial charge in [-0.1, -0.05) is 6.07 Å². The van der Waals surface area contributed by atoms with Gasteiger partial charge in [0, 0.05) is 36.0 Å². The fraction of sp³-hybridized carbons (Fsp3) is 0.727. The van der Waals surface area contributed by atoms with Crippen molar-refractivity contribution >= 4 is 5.91 Å². The molecule has 1 amide bonds. The van der Waals surface area contributed by atoms with Crippen molar-refractivity contribution in [2.24, 2.45) is 11.8 Å². The summed E-state index contributed by atoms with van der Waals surface area (Å²) in [4.78, 5) is 17.4. The second-order valence-electron chi connectivity index (χ2n) is 9.67. The minimum atomic E-state index is -0.0508. The summed E-state index contributed by atoms with van der Waals surface area (Å²) in [5.41, 5.74) is 1.60. The Morgan fingerprint density at radius 3 is 2.52 bits per heavy atom. The third-order valence-corrected chi connectivity index (χ3v) is 7.29. The first kappa shape index (κ1) is 17.6. The molecule has 0 aromatic carbocycles. The molecular formula is C22H31N3O2. The van der Waals surface area contributed by atoms with E-state index in [1.807, 2.05) is 25.1 Å². The van der Waals surface area contributed by atoms with Crippen molar-refractivity contribution in [2.75, 3.05) is 13.2 Å². The average molecular weight is 370 g/mol. The van der Waals surface area contributed by atoms with Crippen LogP contribution in [-0.4, -0.2) is 41.2 Å². The molecule has 2 heterocycles. The number of amides is 1. The molecule has 146 valence electrons. The molecule has 5 heteroatoms. The van der Waals surface area contributed by atoms with Gasteiger partial charge in [0.15, 0.2) is 0 Å². The SMILES string of the molecule is Cc1cccc(C(=O)NC23CC4CC(C2)CC(NC2CCOCC2)(C4)C3)n1. The largest absolute Gasteiger partial charge is 0.381 e. The maximum atomic E-state index is 13.0. The molecular weight excluding hydrogens is 338 g/mol. The van der Waals surface area contributed by atoms with E-state index in [4.69, 9.17) is 4.74 Å². The lowest BCUT2D eigenvalue weighted by Gasteiger charge is -2.63. The molecule has 5 fully saturated rings. The van der Waals surface area contributed by atoms with E-state index in [1.54, 1.807) is 0 Å². The first-order valence-corrected chi connectivity index (χ1v) is 10.6. The predicted molar refractivity (Wildman–Crippen MR) is 104 cm³/mol. The van der Waals surface area contributed by atoms with Crippen LogP contribution in [0.5, 0.6) is 0 Å². The zero-order valence-corrected chi connectivity index (χ0v) is 16.3. The first-order chi connectivity index (χ1) is 13.0. The summed E-state index contributed by atoms with van der Waals surface area (Å²) in [7, 11) is 0. The smallest absolute Gasteiger partial charge is 0.270 e. The minimum absolute atomic E-state index is 0.00173. The average Bonchev–Trinajstić information content (AvgIpc) is 2.60. The molecule has 4 bridgehead atoms. The van der Waals surface area contributed by atoms with Gasteiger partial charge in [-0.25, -0.2) is 4.98 Å². The quantitative estimate of drug-likeness (QED) is 0.856. The predicted octanol–water partition coefficient (Wildman–Crippen LogP) is 2.98. The number of hydrogen-bond donors (Lipinski definition) is 2. The van der Waals surface area contributed by atoms with Gasteiger partial charge < -0.3 is 15.4 Å².